The quantitative estimate of drug-likeness (QED) is 0.652. The molecular weight excluding hydrogens is 202 g/mol. The average molecular weight is 227 g/mol. The molecule has 0 spiro atoms. The summed E-state index contributed by atoms with van der Waals surface area (Å²) in [5, 5.41) is 2.89. The van der Waals surface area contributed by atoms with Gasteiger partial charge in [0.05, 0.1) is 0 Å². The highest BCUT2D eigenvalue weighted by molar-refractivity contribution is 5.75. The van der Waals surface area contributed by atoms with Crippen LogP contribution in [0.3, 0.4) is 0 Å². The Morgan fingerprint density at radius 1 is 1.44 bits per heavy atom. The smallest absolute Gasteiger partial charge is 0.221 e. The molecule has 1 aliphatic rings. The molecule has 0 aromatic heterocycles. The van der Waals surface area contributed by atoms with E-state index in [0.717, 1.165) is 25.4 Å². The fraction of sp³-hybridized carbons (Fsp3) is 0.917. The van der Waals surface area contributed by atoms with Crippen LogP contribution in [0.2, 0.25) is 0 Å². The van der Waals surface area contributed by atoms with E-state index in [1.807, 2.05) is 0 Å². The van der Waals surface area contributed by atoms with Crippen LogP contribution in [-0.4, -0.2) is 43.5 Å². The van der Waals surface area contributed by atoms with Crippen LogP contribution in [0.15, 0.2) is 0 Å². The molecule has 94 valence electrons. The summed E-state index contributed by atoms with van der Waals surface area (Å²) in [4.78, 5) is 13.6. The van der Waals surface area contributed by atoms with Gasteiger partial charge >= 0.3 is 0 Å². The van der Waals surface area contributed by atoms with Crippen molar-refractivity contribution in [2.75, 3.05) is 32.7 Å². The van der Waals surface area contributed by atoms with Gasteiger partial charge in [0.2, 0.25) is 5.91 Å². The van der Waals surface area contributed by atoms with Crippen molar-refractivity contribution in [1.29, 1.82) is 0 Å². The standard InChI is InChI=1S/C12H25N3O/c1-11-4-9-15(10-5-11)8-2-7-14-12(16)3-6-13/h11H,2-10,13H2,1H3,(H,14,16). The maximum Gasteiger partial charge on any atom is 0.221 e. The molecule has 1 fully saturated rings. The first kappa shape index (κ1) is 13.5. The van der Waals surface area contributed by atoms with Crippen LogP contribution in [0.1, 0.15) is 32.6 Å². The number of nitrogens with one attached hydrogen (secondary N) is 1. The number of hydrogen-bond acceptors (Lipinski definition) is 3. The van der Waals surface area contributed by atoms with Crippen LogP contribution in [0.5, 0.6) is 0 Å². The highest BCUT2D eigenvalue weighted by Gasteiger charge is 2.14. The van der Waals surface area contributed by atoms with Crippen LogP contribution >= 0.6 is 0 Å². The van der Waals surface area contributed by atoms with Gasteiger partial charge in [0, 0.05) is 19.5 Å². The summed E-state index contributed by atoms with van der Waals surface area (Å²) in [5.74, 6) is 0.968. The van der Waals surface area contributed by atoms with Crippen molar-refractivity contribution in [2.45, 2.75) is 32.6 Å². The Bertz CT molecular complexity index is 200. The first-order valence-electron chi connectivity index (χ1n) is 6.41. The van der Waals surface area contributed by atoms with E-state index in [0.29, 0.717) is 13.0 Å². The van der Waals surface area contributed by atoms with E-state index < -0.39 is 0 Å². The summed E-state index contributed by atoms with van der Waals surface area (Å²) >= 11 is 0. The lowest BCUT2D eigenvalue weighted by molar-refractivity contribution is -0.120. The van der Waals surface area contributed by atoms with E-state index in [1.165, 1.54) is 25.9 Å². The molecule has 16 heavy (non-hydrogen) atoms. The minimum Gasteiger partial charge on any atom is -0.356 e. The molecule has 1 amide bonds. The number of nitrogens with two attached hydrogens (primary N) is 1. The fourth-order valence-corrected chi connectivity index (χ4v) is 2.04. The van der Waals surface area contributed by atoms with E-state index in [2.05, 4.69) is 17.1 Å². The topological polar surface area (TPSA) is 58.4 Å². The molecule has 0 unspecified atom stereocenters. The summed E-state index contributed by atoms with van der Waals surface area (Å²) in [6, 6.07) is 0. The van der Waals surface area contributed by atoms with Crippen molar-refractivity contribution >= 4 is 5.91 Å². The molecule has 1 heterocycles. The van der Waals surface area contributed by atoms with Crippen LogP contribution < -0.4 is 11.1 Å². The van der Waals surface area contributed by atoms with Gasteiger partial charge in [0.1, 0.15) is 0 Å². The van der Waals surface area contributed by atoms with E-state index in [4.69, 9.17) is 5.73 Å². The van der Waals surface area contributed by atoms with Crippen molar-refractivity contribution in [3.8, 4) is 0 Å². The van der Waals surface area contributed by atoms with E-state index in [-0.39, 0.29) is 5.91 Å². The zero-order valence-corrected chi connectivity index (χ0v) is 10.4. The Balaban J connectivity index is 1.97. The van der Waals surface area contributed by atoms with Gasteiger partial charge in [0.15, 0.2) is 0 Å². The Morgan fingerprint density at radius 2 is 2.12 bits per heavy atom. The van der Waals surface area contributed by atoms with Gasteiger partial charge in [-0.1, -0.05) is 6.92 Å². The minimum absolute atomic E-state index is 0.0785. The van der Waals surface area contributed by atoms with Crippen LogP contribution in [0.4, 0.5) is 0 Å². The lowest BCUT2D eigenvalue weighted by atomic mass is 9.99. The Hall–Kier alpha value is -0.610. The van der Waals surface area contributed by atoms with Crippen molar-refractivity contribution < 1.29 is 4.79 Å². The Morgan fingerprint density at radius 3 is 2.75 bits per heavy atom. The number of likely N-dealkylation sites (tertiary alicyclic amines) is 1. The van der Waals surface area contributed by atoms with Gasteiger partial charge in [-0.25, -0.2) is 0 Å². The summed E-state index contributed by atoms with van der Waals surface area (Å²) < 4.78 is 0. The van der Waals surface area contributed by atoms with Crippen molar-refractivity contribution in [2.24, 2.45) is 11.7 Å². The number of carbonyl (C=O) groups excluding carboxylic acids is 1. The molecule has 1 aliphatic heterocycles. The maximum absolute atomic E-state index is 11.1. The van der Waals surface area contributed by atoms with Crippen molar-refractivity contribution in [1.82, 2.24) is 10.2 Å². The highest BCUT2D eigenvalue weighted by Crippen LogP contribution is 2.15. The third-order valence-electron chi connectivity index (χ3n) is 3.22. The predicted molar refractivity (Wildman–Crippen MR) is 66.1 cm³/mol. The molecule has 1 rings (SSSR count). The highest BCUT2D eigenvalue weighted by atomic mass is 16.1. The third-order valence-corrected chi connectivity index (χ3v) is 3.22. The van der Waals surface area contributed by atoms with Crippen LogP contribution in [0.25, 0.3) is 0 Å². The van der Waals surface area contributed by atoms with E-state index in [1.54, 1.807) is 0 Å². The molecule has 4 heteroatoms. The minimum atomic E-state index is 0.0785. The third kappa shape index (κ3) is 5.47. The molecule has 0 radical (unpaired) electrons. The lowest BCUT2D eigenvalue weighted by Crippen LogP contribution is -2.35. The van der Waals surface area contributed by atoms with Gasteiger partial charge in [-0.05, 0) is 44.8 Å². The molecule has 0 bridgehead atoms. The summed E-state index contributed by atoms with van der Waals surface area (Å²) in [6.07, 6.45) is 4.13. The average Bonchev–Trinajstić information content (AvgIpc) is 2.27. The second kappa shape index (κ2) is 7.63. The molecule has 0 aliphatic carbocycles. The van der Waals surface area contributed by atoms with Crippen molar-refractivity contribution in [3.05, 3.63) is 0 Å². The number of hydrogen-bond donors (Lipinski definition) is 2. The van der Waals surface area contributed by atoms with Crippen LogP contribution in [0, 0.1) is 5.92 Å². The molecule has 0 aromatic carbocycles. The SMILES string of the molecule is CC1CCN(CCCNC(=O)CCN)CC1. The maximum atomic E-state index is 11.1. The normalized spacial score (nSPS) is 18.6. The fourth-order valence-electron chi connectivity index (χ4n) is 2.04. The van der Waals surface area contributed by atoms with E-state index in [9.17, 15) is 4.79 Å². The second-order valence-electron chi connectivity index (χ2n) is 4.77. The molecule has 0 atom stereocenters. The molecule has 0 saturated carbocycles. The molecular formula is C12H25N3O. The number of nitrogens with zero attached hydrogens (tertiary/aromatic N) is 1. The number of piperidine rings is 1. The zero-order chi connectivity index (χ0) is 11.8. The summed E-state index contributed by atoms with van der Waals surface area (Å²) in [7, 11) is 0. The van der Waals surface area contributed by atoms with E-state index >= 15 is 0 Å². The monoisotopic (exact) mass is 227 g/mol. The van der Waals surface area contributed by atoms with Gasteiger partial charge in [-0.15, -0.1) is 0 Å². The van der Waals surface area contributed by atoms with Gasteiger partial charge in [0.25, 0.3) is 0 Å². The van der Waals surface area contributed by atoms with Crippen LogP contribution in [-0.2, 0) is 4.79 Å². The number of rotatable bonds is 6. The lowest BCUT2D eigenvalue weighted by Gasteiger charge is -2.30. The molecule has 4 nitrogen and oxygen atoms in total. The zero-order valence-electron chi connectivity index (χ0n) is 10.4. The van der Waals surface area contributed by atoms with Gasteiger partial charge in [-0.2, -0.15) is 0 Å². The number of amides is 1. The molecule has 1 saturated heterocycles. The first-order chi connectivity index (χ1) is 7.72. The summed E-state index contributed by atoms with van der Waals surface area (Å²) in [6.45, 7) is 7.09. The van der Waals surface area contributed by atoms with Gasteiger partial charge < -0.3 is 16.0 Å². The molecule has 0 aromatic rings. The largest absolute Gasteiger partial charge is 0.356 e. The van der Waals surface area contributed by atoms with Gasteiger partial charge in [-0.3, -0.25) is 4.79 Å². The first-order valence-corrected chi connectivity index (χ1v) is 6.41. The molecule has 3 N–H and O–H groups in total. The number of carbonyl (C=O) groups is 1. The predicted octanol–water partition coefficient (Wildman–Crippen LogP) is 0.573. The Labute approximate surface area is 98.6 Å². The Kier molecular flexibility index (Phi) is 6.42. The summed E-state index contributed by atoms with van der Waals surface area (Å²) in [5.41, 5.74) is 5.29. The second-order valence-corrected chi connectivity index (χ2v) is 4.77. The van der Waals surface area contributed by atoms with Crippen molar-refractivity contribution in [3.63, 3.8) is 0 Å².